The van der Waals surface area contributed by atoms with E-state index in [2.05, 4.69) is 10.3 Å². The largest absolute Gasteiger partial charge is 0.384 e. The predicted molar refractivity (Wildman–Crippen MR) is 82.6 cm³/mol. The Morgan fingerprint density at radius 2 is 1.91 bits per heavy atom. The van der Waals surface area contributed by atoms with Crippen molar-refractivity contribution in [2.24, 2.45) is 0 Å². The first kappa shape index (κ1) is 16.7. The average Bonchev–Trinajstić information content (AvgIpc) is 2.48. The molecule has 2 aromatic rings. The molecular weight excluding hydrogens is 330 g/mol. The Morgan fingerprint density at radius 3 is 2.55 bits per heavy atom. The van der Waals surface area contributed by atoms with Crippen molar-refractivity contribution in [3.8, 4) is 0 Å². The van der Waals surface area contributed by atoms with E-state index in [-0.39, 0.29) is 22.4 Å². The van der Waals surface area contributed by atoms with Crippen LogP contribution in [0.2, 0.25) is 10.2 Å². The Labute approximate surface area is 136 Å². The monoisotopic (exact) mass is 342 g/mol. The van der Waals surface area contributed by atoms with Gasteiger partial charge in [0, 0.05) is 0 Å². The Kier molecular flexibility index (Phi) is 5.01. The summed E-state index contributed by atoms with van der Waals surface area (Å²) in [5.41, 5.74) is -0.919. The summed E-state index contributed by atoms with van der Waals surface area (Å²) in [5, 5.41) is 13.2. The molecule has 1 heterocycles. The fourth-order valence-corrected chi connectivity index (χ4v) is 2.16. The molecule has 0 saturated carbocycles. The summed E-state index contributed by atoms with van der Waals surface area (Å²) >= 11 is 11.6. The normalized spacial score (nSPS) is 13.5. The van der Waals surface area contributed by atoms with Gasteiger partial charge in [-0.3, -0.25) is 4.79 Å². The van der Waals surface area contributed by atoms with Gasteiger partial charge in [-0.25, -0.2) is 9.37 Å². The number of aliphatic hydroxyl groups is 1. The highest BCUT2D eigenvalue weighted by molar-refractivity contribution is 6.34. The van der Waals surface area contributed by atoms with Crippen LogP contribution in [0, 0.1) is 5.82 Å². The second-order valence-electron chi connectivity index (χ2n) is 4.93. The number of hydrogen-bond donors (Lipinski definition) is 2. The van der Waals surface area contributed by atoms with E-state index in [1.807, 2.05) is 0 Å². The zero-order valence-electron chi connectivity index (χ0n) is 11.6. The fraction of sp³-hybridized carbons (Fsp3) is 0.200. The van der Waals surface area contributed by atoms with Crippen molar-refractivity contribution >= 4 is 29.1 Å². The van der Waals surface area contributed by atoms with Crippen molar-refractivity contribution < 1.29 is 14.3 Å². The number of pyridine rings is 1. The second kappa shape index (κ2) is 6.60. The van der Waals surface area contributed by atoms with Crippen molar-refractivity contribution in [1.29, 1.82) is 0 Å². The summed E-state index contributed by atoms with van der Waals surface area (Å²) in [4.78, 5) is 15.9. The van der Waals surface area contributed by atoms with Crippen LogP contribution in [0.1, 0.15) is 23.0 Å². The van der Waals surface area contributed by atoms with Gasteiger partial charge >= 0.3 is 0 Å². The van der Waals surface area contributed by atoms with Crippen LogP contribution < -0.4 is 5.32 Å². The maximum absolute atomic E-state index is 12.9. The molecule has 2 rings (SSSR count). The van der Waals surface area contributed by atoms with E-state index in [0.29, 0.717) is 5.56 Å². The first-order valence-electron chi connectivity index (χ1n) is 6.38. The van der Waals surface area contributed by atoms with Crippen molar-refractivity contribution in [3.63, 3.8) is 0 Å². The molecule has 116 valence electrons. The standard InChI is InChI=1S/C15H13Cl2FN2O2/c1-15(22,9-2-4-10(18)5-3-9)8-19-14(21)13-11(16)6-7-12(17)20-13/h2-7,22H,8H2,1H3,(H,19,21). The van der Waals surface area contributed by atoms with Crippen LogP contribution in [0.5, 0.6) is 0 Å². The maximum atomic E-state index is 12.9. The van der Waals surface area contributed by atoms with Crippen LogP contribution in [0.25, 0.3) is 0 Å². The van der Waals surface area contributed by atoms with E-state index in [4.69, 9.17) is 23.2 Å². The van der Waals surface area contributed by atoms with Gasteiger partial charge in [0.05, 0.1) is 11.6 Å². The lowest BCUT2D eigenvalue weighted by molar-refractivity contribution is 0.0524. The van der Waals surface area contributed by atoms with Crippen molar-refractivity contribution in [3.05, 3.63) is 63.6 Å². The minimum atomic E-state index is -1.37. The third kappa shape index (κ3) is 3.94. The lowest BCUT2D eigenvalue weighted by atomic mass is 9.96. The van der Waals surface area contributed by atoms with E-state index in [1.165, 1.54) is 43.3 Å². The predicted octanol–water partition coefficient (Wildman–Crippen LogP) is 3.17. The molecule has 1 atom stereocenters. The molecule has 4 nitrogen and oxygen atoms in total. The average molecular weight is 343 g/mol. The van der Waals surface area contributed by atoms with Gasteiger partial charge in [-0.2, -0.15) is 0 Å². The van der Waals surface area contributed by atoms with Gasteiger partial charge in [0.15, 0.2) is 0 Å². The molecule has 1 aromatic carbocycles. The molecule has 0 aliphatic heterocycles. The van der Waals surface area contributed by atoms with Gasteiger partial charge < -0.3 is 10.4 Å². The zero-order valence-corrected chi connectivity index (χ0v) is 13.1. The van der Waals surface area contributed by atoms with Gasteiger partial charge in [-0.1, -0.05) is 35.3 Å². The van der Waals surface area contributed by atoms with Gasteiger partial charge in [0.2, 0.25) is 0 Å². The van der Waals surface area contributed by atoms with Gasteiger partial charge in [-0.15, -0.1) is 0 Å². The molecule has 1 unspecified atom stereocenters. The number of hydrogen-bond acceptors (Lipinski definition) is 3. The summed E-state index contributed by atoms with van der Waals surface area (Å²) in [6.07, 6.45) is 0. The summed E-state index contributed by atoms with van der Waals surface area (Å²) in [6, 6.07) is 8.31. The molecule has 0 fully saturated rings. The highest BCUT2D eigenvalue weighted by atomic mass is 35.5. The third-order valence-corrected chi connectivity index (χ3v) is 3.60. The molecule has 1 amide bonds. The number of rotatable bonds is 4. The number of nitrogens with one attached hydrogen (secondary N) is 1. The van der Waals surface area contributed by atoms with Gasteiger partial charge in [0.1, 0.15) is 22.3 Å². The topological polar surface area (TPSA) is 62.2 Å². The molecule has 2 N–H and O–H groups in total. The van der Waals surface area contributed by atoms with Crippen molar-refractivity contribution in [2.45, 2.75) is 12.5 Å². The minimum Gasteiger partial charge on any atom is -0.384 e. The van der Waals surface area contributed by atoms with Crippen LogP contribution in [0.3, 0.4) is 0 Å². The van der Waals surface area contributed by atoms with Gasteiger partial charge in [-0.05, 0) is 36.8 Å². The molecular formula is C15H13Cl2FN2O2. The van der Waals surface area contributed by atoms with Crippen LogP contribution in [-0.2, 0) is 5.60 Å². The van der Waals surface area contributed by atoms with Crippen molar-refractivity contribution in [1.82, 2.24) is 10.3 Å². The number of halogens is 3. The van der Waals surface area contributed by atoms with E-state index >= 15 is 0 Å². The van der Waals surface area contributed by atoms with E-state index < -0.39 is 17.3 Å². The number of amides is 1. The third-order valence-electron chi connectivity index (χ3n) is 3.09. The lowest BCUT2D eigenvalue weighted by Gasteiger charge is -2.24. The number of nitrogens with zero attached hydrogens (tertiary/aromatic N) is 1. The Morgan fingerprint density at radius 1 is 1.27 bits per heavy atom. The summed E-state index contributed by atoms with van der Waals surface area (Å²) < 4.78 is 12.9. The molecule has 0 radical (unpaired) electrons. The summed E-state index contributed by atoms with van der Waals surface area (Å²) in [5.74, 6) is -0.964. The van der Waals surface area contributed by atoms with E-state index in [0.717, 1.165) is 0 Å². The second-order valence-corrected chi connectivity index (χ2v) is 5.72. The molecule has 0 spiro atoms. The lowest BCUT2D eigenvalue weighted by Crippen LogP contribution is -2.39. The number of carbonyl (C=O) groups excluding carboxylic acids is 1. The van der Waals surface area contributed by atoms with E-state index in [9.17, 15) is 14.3 Å². The SMILES string of the molecule is CC(O)(CNC(=O)c1nc(Cl)ccc1Cl)c1ccc(F)cc1. The molecule has 0 aliphatic rings. The Balaban J connectivity index is 2.09. The number of carbonyl (C=O) groups is 1. The Hall–Kier alpha value is -1.69. The van der Waals surface area contributed by atoms with Crippen LogP contribution in [0.15, 0.2) is 36.4 Å². The smallest absolute Gasteiger partial charge is 0.271 e. The molecule has 7 heteroatoms. The van der Waals surface area contributed by atoms with Crippen LogP contribution >= 0.6 is 23.2 Å². The van der Waals surface area contributed by atoms with E-state index in [1.54, 1.807) is 0 Å². The first-order valence-corrected chi connectivity index (χ1v) is 7.14. The van der Waals surface area contributed by atoms with Gasteiger partial charge in [0.25, 0.3) is 5.91 Å². The summed E-state index contributed by atoms with van der Waals surface area (Å²) in [7, 11) is 0. The number of aromatic nitrogens is 1. The maximum Gasteiger partial charge on any atom is 0.271 e. The Bertz CT molecular complexity index is 690. The quantitative estimate of drug-likeness (QED) is 0.839. The number of benzene rings is 1. The molecule has 0 aliphatic carbocycles. The van der Waals surface area contributed by atoms with Crippen molar-refractivity contribution in [2.75, 3.05) is 6.54 Å². The van der Waals surface area contributed by atoms with Crippen LogP contribution in [-0.4, -0.2) is 22.5 Å². The molecule has 0 bridgehead atoms. The fourth-order valence-electron chi connectivity index (χ4n) is 1.82. The van der Waals surface area contributed by atoms with Crippen LogP contribution in [0.4, 0.5) is 4.39 Å². The minimum absolute atomic E-state index is 0.0240. The highest BCUT2D eigenvalue weighted by Crippen LogP contribution is 2.21. The summed E-state index contributed by atoms with van der Waals surface area (Å²) in [6.45, 7) is 1.41. The highest BCUT2D eigenvalue weighted by Gasteiger charge is 2.25. The molecule has 1 aromatic heterocycles. The molecule has 0 saturated heterocycles. The first-order chi connectivity index (χ1) is 10.3. The molecule has 22 heavy (non-hydrogen) atoms. The zero-order chi connectivity index (χ0) is 16.3.